The van der Waals surface area contributed by atoms with Gasteiger partial charge in [0.25, 0.3) is 0 Å². The smallest absolute Gasteiger partial charge is 0.226 e. The molecule has 0 unspecified atom stereocenters. The predicted molar refractivity (Wildman–Crippen MR) is 160 cm³/mol. The van der Waals surface area contributed by atoms with Gasteiger partial charge >= 0.3 is 0 Å². The van der Waals surface area contributed by atoms with Gasteiger partial charge in [-0.25, -0.2) is 15.0 Å². The highest BCUT2D eigenvalue weighted by atomic mass is 32.1. The summed E-state index contributed by atoms with van der Waals surface area (Å²) in [6, 6.07) is 19.4. The summed E-state index contributed by atoms with van der Waals surface area (Å²) >= 11 is 1.52. The van der Waals surface area contributed by atoms with Gasteiger partial charge in [0.05, 0.1) is 48.2 Å². The van der Waals surface area contributed by atoms with E-state index in [9.17, 15) is 9.59 Å². The maximum Gasteiger partial charge on any atom is 0.226 e. The average Bonchev–Trinajstić information content (AvgIpc) is 3.66. The second-order valence-corrected chi connectivity index (χ2v) is 10.7. The highest BCUT2D eigenvalue weighted by Gasteiger charge is 2.21. The average molecular weight is 569 g/mol. The third-order valence-electron chi connectivity index (χ3n) is 6.76. The lowest BCUT2D eigenvalue weighted by atomic mass is 10.1. The van der Waals surface area contributed by atoms with E-state index in [4.69, 9.17) is 10.5 Å². The number of amides is 2. The summed E-state index contributed by atoms with van der Waals surface area (Å²) in [6.45, 7) is 0. The number of imidazole rings is 1. The molecule has 210 valence electrons. The Morgan fingerprint density at radius 3 is 2.66 bits per heavy atom. The van der Waals surface area contributed by atoms with Crippen molar-refractivity contribution in [2.75, 3.05) is 7.11 Å². The number of benzene rings is 2. The minimum Gasteiger partial charge on any atom is -0.480 e. The Bertz CT molecular complexity index is 1630. The summed E-state index contributed by atoms with van der Waals surface area (Å²) in [5, 5.41) is 6.93. The molecule has 0 aliphatic carbocycles. The van der Waals surface area contributed by atoms with Crippen LogP contribution in [0, 0.1) is 0 Å². The summed E-state index contributed by atoms with van der Waals surface area (Å²) in [5.74, 6) is 0.687. The minimum atomic E-state index is -0.350. The van der Waals surface area contributed by atoms with Crippen LogP contribution in [0.25, 0.3) is 32.7 Å². The first-order valence-electron chi connectivity index (χ1n) is 13.6. The van der Waals surface area contributed by atoms with E-state index in [1.807, 2.05) is 66.0 Å². The van der Waals surface area contributed by atoms with Crippen molar-refractivity contribution in [3.05, 3.63) is 83.8 Å². The van der Waals surface area contributed by atoms with Gasteiger partial charge in [0.1, 0.15) is 10.8 Å². The van der Waals surface area contributed by atoms with Gasteiger partial charge in [-0.2, -0.15) is 0 Å². The van der Waals surface area contributed by atoms with E-state index in [0.29, 0.717) is 31.0 Å². The zero-order valence-electron chi connectivity index (χ0n) is 22.8. The van der Waals surface area contributed by atoms with E-state index in [1.54, 1.807) is 13.3 Å². The number of thiazole rings is 1. The Morgan fingerprint density at radius 2 is 1.85 bits per heavy atom. The monoisotopic (exact) mass is 568 g/mol. The third-order valence-corrected chi connectivity index (χ3v) is 7.70. The maximum atomic E-state index is 13.2. The first-order valence-corrected chi connectivity index (χ1v) is 14.4. The van der Waals surface area contributed by atoms with Gasteiger partial charge in [-0.05, 0) is 25.0 Å². The van der Waals surface area contributed by atoms with Crippen molar-refractivity contribution in [3.8, 4) is 27.7 Å². The molecule has 2 amide bonds. The van der Waals surface area contributed by atoms with Crippen molar-refractivity contribution >= 4 is 34.1 Å². The van der Waals surface area contributed by atoms with Gasteiger partial charge in [-0.1, -0.05) is 61.4 Å². The Labute approximate surface area is 242 Å². The molecule has 0 aliphatic heterocycles. The second kappa shape index (κ2) is 13.2. The first kappa shape index (κ1) is 28.0. The molecule has 4 N–H and O–H groups in total. The lowest BCUT2D eigenvalue weighted by molar-refractivity contribution is -0.121. The van der Waals surface area contributed by atoms with E-state index in [0.717, 1.165) is 51.3 Å². The molecular weight excluding hydrogens is 536 g/mol. The number of aromatic nitrogens is 4. The van der Waals surface area contributed by atoms with Gasteiger partial charge in [0, 0.05) is 22.8 Å². The molecule has 0 fully saturated rings. The van der Waals surface area contributed by atoms with Crippen LogP contribution >= 0.6 is 11.3 Å². The summed E-state index contributed by atoms with van der Waals surface area (Å²) < 4.78 is 5.58. The minimum absolute atomic E-state index is 0.139. The zero-order valence-corrected chi connectivity index (χ0v) is 23.6. The van der Waals surface area contributed by atoms with Crippen LogP contribution in [0.2, 0.25) is 0 Å². The lowest BCUT2D eigenvalue weighted by Gasteiger charge is -2.17. The number of pyridine rings is 1. The number of nitrogens with one attached hydrogen (secondary N) is 2. The van der Waals surface area contributed by atoms with E-state index < -0.39 is 0 Å². The number of rotatable bonds is 13. The number of hydrogen-bond donors (Lipinski definition) is 3. The molecule has 3 aromatic heterocycles. The Morgan fingerprint density at radius 1 is 1.05 bits per heavy atom. The summed E-state index contributed by atoms with van der Waals surface area (Å²) in [4.78, 5) is 41.6. The molecule has 1 atom stereocenters. The molecule has 10 heteroatoms. The maximum absolute atomic E-state index is 13.2. The number of aromatic amines is 1. The van der Waals surface area contributed by atoms with E-state index in [-0.39, 0.29) is 24.3 Å². The van der Waals surface area contributed by atoms with Crippen LogP contribution in [-0.2, 0) is 16.0 Å². The highest BCUT2D eigenvalue weighted by molar-refractivity contribution is 7.13. The number of fused-ring (bicyclic) bond motifs is 1. The van der Waals surface area contributed by atoms with Gasteiger partial charge in [0.15, 0.2) is 0 Å². The standard InChI is InChI=1S/C31H32N6O3S/c1-40-30-23(16-21-12-8-9-13-24(21)37-30)26-18-33-29(36-26)25(14-6-3-7-15-27(32)38)35-28(39)17-22-19-41-31(34-22)20-10-4-2-5-11-20/h2,4-5,8-13,16,18-19,25H,3,6-7,14-15,17H2,1H3,(H2,32,38)(H,33,36)(H,35,39)/t25-/m0/s1. The number of hydrogen-bond acceptors (Lipinski definition) is 7. The molecule has 3 heterocycles. The van der Waals surface area contributed by atoms with E-state index in [1.165, 1.54) is 11.3 Å². The van der Waals surface area contributed by atoms with Gasteiger partial charge in [-0.15, -0.1) is 11.3 Å². The van der Waals surface area contributed by atoms with Gasteiger partial charge < -0.3 is 20.8 Å². The quantitative estimate of drug-likeness (QED) is 0.158. The number of unbranched alkanes of at least 4 members (excludes halogenated alkanes) is 2. The molecule has 5 rings (SSSR count). The van der Waals surface area contributed by atoms with Crippen LogP contribution in [0.4, 0.5) is 0 Å². The largest absolute Gasteiger partial charge is 0.480 e. The number of nitrogens with zero attached hydrogens (tertiary/aromatic N) is 3. The van der Waals surface area contributed by atoms with E-state index >= 15 is 0 Å². The third kappa shape index (κ3) is 7.15. The van der Waals surface area contributed by atoms with Crippen molar-refractivity contribution < 1.29 is 14.3 Å². The number of methoxy groups -OCH3 is 1. The Kier molecular flexibility index (Phi) is 9.00. The predicted octanol–water partition coefficient (Wildman–Crippen LogP) is 5.59. The summed E-state index contributed by atoms with van der Waals surface area (Å²) in [5.41, 5.74) is 9.41. The van der Waals surface area contributed by atoms with Crippen molar-refractivity contribution in [3.63, 3.8) is 0 Å². The van der Waals surface area contributed by atoms with Crippen molar-refractivity contribution in [1.82, 2.24) is 25.3 Å². The molecule has 0 bridgehead atoms. The fourth-order valence-electron chi connectivity index (χ4n) is 4.71. The SMILES string of the molecule is COc1nc2ccccc2cc1-c1cnc([C@H](CCCCCC(N)=O)NC(=O)Cc2csc(-c3ccccc3)n2)[nH]1. The molecule has 0 saturated carbocycles. The topological polar surface area (TPSA) is 136 Å². The number of carbonyl (C=O) groups is 2. The van der Waals surface area contributed by atoms with E-state index in [2.05, 4.69) is 25.3 Å². The number of carbonyl (C=O) groups excluding carboxylic acids is 2. The molecule has 41 heavy (non-hydrogen) atoms. The van der Waals surface area contributed by atoms with Crippen LogP contribution < -0.4 is 15.8 Å². The zero-order chi connectivity index (χ0) is 28.6. The Balaban J connectivity index is 1.33. The number of ether oxygens (including phenoxy) is 1. The fraction of sp³-hybridized carbons (Fsp3) is 0.258. The molecule has 0 aliphatic rings. The van der Waals surface area contributed by atoms with Gasteiger partial charge in [-0.3, -0.25) is 9.59 Å². The first-order chi connectivity index (χ1) is 20.0. The molecular formula is C31H32N6O3S. The number of primary amides is 1. The fourth-order valence-corrected chi connectivity index (χ4v) is 5.54. The molecule has 9 nitrogen and oxygen atoms in total. The summed E-state index contributed by atoms with van der Waals surface area (Å²) in [7, 11) is 1.59. The van der Waals surface area contributed by atoms with Gasteiger partial charge in [0.2, 0.25) is 17.7 Å². The second-order valence-electron chi connectivity index (χ2n) is 9.79. The van der Waals surface area contributed by atoms with Crippen molar-refractivity contribution in [1.29, 1.82) is 0 Å². The van der Waals surface area contributed by atoms with Crippen LogP contribution in [0.1, 0.15) is 49.7 Å². The normalized spacial score (nSPS) is 11.8. The molecule has 0 saturated heterocycles. The molecule has 5 aromatic rings. The lowest BCUT2D eigenvalue weighted by Crippen LogP contribution is -2.30. The van der Waals surface area contributed by atoms with Crippen LogP contribution in [0.3, 0.4) is 0 Å². The summed E-state index contributed by atoms with van der Waals surface area (Å²) in [6.07, 6.45) is 5.23. The van der Waals surface area contributed by atoms with Crippen LogP contribution in [-0.4, -0.2) is 38.9 Å². The van der Waals surface area contributed by atoms with Crippen LogP contribution in [0.15, 0.2) is 72.2 Å². The van der Waals surface area contributed by atoms with Crippen molar-refractivity contribution in [2.24, 2.45) is 5.73 Å². The molecule has 2 aromatic carbocycles. The molecule has 0 radical (unpaired) electrons. The molecule has 0 spiro atoms. The Hall–Kier alpha value is -4.57. The van der Waals surface area contributed by atoms with Crippen LogP contribution in [0.5, 0.6) is 5.88 Å². The van der Waals surface area contributed by atoms with Crippen molar-refractivity contribution in [2.45, 2.75) is 44.6 Å². The highest BCUT2D eigenvalue weighted by Crippen LogP contribution is 2.32. The number of nitrogens with two attached hydrogens (primary N) is 1. The number of H-pyrrole nitrogens is 1. The number of para-hydroxylation sites is 1.